The van der Waals surface area contributed by atoms with Gasteiger partial charge in [-0.25, -0.2) is 14.8 Å². The highest BCUT2D eigenvalue weighted by molar-refractivity contribution is 5.88. The van der Waals surface area contributed by atoms with Crippen molar-refractivity contribution in [2.24, 2.45) is 5.92 Å². The molecule has 5 heteroatoms. The van der Waals surface area contributed by atoms with Crippen LogP contribution in [-0.2, 0) is 0 Å². The first-order chi connectivity index (χ1) is 9.15. The molecule has 1 fully saturated rings. The molecule has 5 nitrogen and oxygen atoms in total. The van der Waals surface area contributed by atoms with E-state index in [1.807, 2.05) is 0 Å². The minimum atomic E-state index is -0.184. The SMILES string of the molecule is Cc1nccc(NC(=O)NC(C)C2CCCCC2)n1. The number of amides is 2. The van der Waals surface area contributed by atoms with E-state index >= 15 is 0 Å². The van der Waals surface area contributed by atoms with Gasteiger partial charge in [-0.3, -0.25) is 5.32 Å². The van der Waals surface area contributed by atoms with Crippen LogP contribution in [0.2, 0.25) is 0 Å². The Morgan fingerprint density at radius 1 is 1.37 bits per heavy atom. The quantitative estimate of drug-likeness (QED) is 0.880. The molecule has 2 rings (SSSR count). The zero-order valence-corrected chi connectivity index (χ0v) is 11.6. The highest BCUT2D eigenvalue weighted by Crippen LogP contribution is 2.26. The van der Waals surface area contributed by atoms with Crippen LogP contribution in [0.5, 0.6) is 0 Å². The van der Waals surface area contributed by atoms with E-state index in [1.54, 1.807) is 19.2 Å². The van der Waals surface area contributed by atoms with Crippen molar-refractivity contribution < 1.29 is 4.79 Å². The first-order valence-corrected chi connectivity index (χ1v) is 7.02. The molecule has 0 bridgehead atoms. The van der Waals surface area contributed by atoms with E-state index in [9.17, 15) is 4.79 Å². The first kappa shape index (κ1) is 13.8. The number of rotatable bonds is 3. The van der Waals surface area contributed by atoms with Gasteiger partial charge >= 0.3 is 6.03 Å². The Labute approximate surface area is 114 Å². The lowest BCUT2D eigenvalue weighted by Gasteiger charge is -2.28. The number of aryl methyl sites for hydroxylation is 1. The average Bonchev–Trinajstić information content (AvgIpc) is 2.39. The molecule has 0 radical (unpaired) electrons. The lowest BCUT2D eigenvalue weighted by Crippen LogP contribution is -2.41. The van der Waals surface area contributed by atoms with Crippen LogP contribution in [0, 0.1) is 12.8 Å². The molecule has 0 spiro atoms. The topological polar surface area (TPSA) is 66.9 Å². The molecule has 1 aromatic rings. The number of nitrogens with zero attached hydrogens (tertiary/aromatic N) is 2. The second kappa shape index (κ2) is 6.50. The highest BCUT2D eigenvalue weighted by atomic mass is 16.2. The third-order valence-corrected chi connectivity index (χ3v) is 3.73. The Balaban J connectivity index is 1.83. The normalized spacial score (nSPS) is 17.8. The van der Waals surface area contributed by atoms with Crippen LogP contribution < -0.4 is 10.6 Å². The van der Waals surface area contributed by atoms with Crippen LogP contribution in [0.25, 0.3) is 0 Å². The van der Waals surface area contributed by atoms with Crippen molar-refractivity contribution >= 4 is 11.8 Å². The van der Waals surface area contributed by atoms with Gasteiger partial charge in [0.2, 0.25) is 0 Å². The maximum atomic E-state index is 11.9. The standard InChI is InChI=1S/C14H22N4O/c1-10(12-6-4-3-5-7-12)16-14(19)18-13-8-9-15-11(2)17-13/h8-10,12H,3-7H2,1-2H3,(H2,15,16,17,18,19). The van der Waals surface area contributed by atoms with Crippen LogP contribution in [0.1, 0.15) is 44.9 Å². The van der Waals surface area contributed by atoms with Gasteiger partial charge in [0, 0.05) is 12.2 Å². The molecule has 1 atom stereocenters. The number of nitrogens with one attached hydrogen (secondary N) is 2. The summed E-state index contributed by atoms with van der Waals surface area (Å²) in [6.45, 7) is 3.88. The van der Waals surface area contributed by atoms with Crippen molar-refractivity contribution in [3.05, 3.63) is 18.1 Å². The van der Waals surface area contributed by atoms with Crippen molar-refractivity contribution in [2.45, 2.75) is 52.0 Å². The van der Waals surface area contributed by atoms with Crippen LogP contribution in [0.4, 0.5) is 10.6 Å². The summed E-state index contributed by atoms with van der Waals surface area (Å²) in [5, 5.41) is 5.76. The van der Waals surface area contributed by atoms with Crippen LogP contribution in [0.3, 0.4) is 0 Å². The van der Waals surface area contributed by atoms with Crippen molar-refractivity contribution in [3.8, 4) is 0 Å². The van der Waals surface area contributed by atoms with Gasteiger partial charge in [0.05, 0.1) is 0 Å². The number of aromatic nitrogens is 2. The Morgan fingerprint density at radius 2 is 2.11 bits per heavy atom. The number of carbonyl (C=O) groups is 1. The monoisotopic (exact) mass is 262 g/mol. The fraction of sp³-hybridized carbons (Fsp3) is 0.643. The predicted molar refractivity (Wildman–Crippen MR) is 75.0 cm³/mol. The Hall–Kier alpha value is -1.65. The minimum absolute atomic E-state index is 0.184. The third kappa shape index (κ3) is 4.19. The second-order valence-corrected chi connectivity index (χ2v) is 5.27. The predicted octanol–water partition coefficient (Wildman–Crippen LogP) is 2.88. The summed E-state index contributed by atoms with van der Waals surface area (Å²) in [7, 11) is 0. The van der Waals surface area contributed by atoms with Crippen molar-refractivity contribution in [1.82, 2.24) is 15.3 Å². The van der Waals surface area contributed by atoms with Gasteiger partial charge in [-0.2, -0.15) is 0 Å². The van der Waals surface area contributed by atoms with Crippen LogP contribution in [-0.4, -0.2) is 22.0 Å². The smallest absolute Gasteiger partial charge is 0.320 e. The first-order valence-electron chi connectivity index (χ1n) is 7.02. The Morgan fingerprint density at radius 3 is 2.79 bits per heavy atom. The third-order valence-electron chi connectivity index (χ3n) is 3.73. The number of urea groups is 1. The van der Waals surface area contributed by atoms with Crippen molar-refractivity contribution in [3.63, 3.8) is 0 Å². The Kier molecular flexibility index (Phi) is 4.71. The fourth-order valence-electron chi connectivity index (χ4n) is 2.64. The molecular formula is C14H22N4O. The maximum Gasteiger partial charge on any atom is 0.320 e. The van der Waals surface area contributed by atoms with E-state index in [4.69, 9.17) is 0 Å². The molecule has 2 amide bonds. The summed E-state index contributed by atoms with van der Waals surface area (Å²) in [5.41, 5.74) is 0. The summed E-state index contributed by atoms with van der Waals surface area (Å²) in [6.07, 6.45) is 7.97. The molecular weight excluding hydrogens is 240 g/mol. The van der Waals surface area contributed by atoms with Gasteiger partial charge < -0.3 is 5.32 Å². The molecule has 0 saturated heterocycles. The molecule has 1 heterocycles. The summed E-state index contributed by atoms with van der Waals surface area (Å²) >= 11 is 0. The summed E-state index contributed by atoms with van der Waals surface area (Å²) in [6, 6.07) is 1.72. The van der Waals surface area contributed by atoms with Crippen LogP contribution in [0.15, 0.2) is 12.3 Å². The van der Waals surface area contributed by atoms with E-state index in [0.29, 0.717) is 17.6 Å². The molecule has 19 heavy (non-hydrogen) atoms. The minimum Gasteiger partial charge on any atom is -0.335 e. The number of carbonyl (C=O) groups excluding carboxylic acids is 1. The molecule has 1 aromatic heterocycles. The van der Waals surface area contributed by atoms with Gasteiger partial charge in [-0.1, -0.05) is 19.3 Å². The molecule has 1 unspecified atom stereocenters. The van der Waals surface area contributed by atoms with Gasteiger partial charge in [-0.15, -0.1) is 0 Å². The number of hydrogen-bond donors (Lipinski definition) is 2. The van der Waals surface area contributed by atoms with Crippen molar-refractivity contribution in [2.75, 3.05) is 5.32 Å². The molecule has 1 aliphatic rings. The van der Waals surface area contributed by atoms with E-state index in [0.717, 1.165) is 0 Å². The zero-order valence-electron chi connectivity index (χ0n) is 11.6. The van der Waals surface area contributed by atoms with E-state index in [2.05, 4.69) is 27.5 Å². The number of anilines is 1. The lowest BCUT2D eigenvalue weighted by molar-refractivity contribution is 0.235. The van der Waals surface area contributed by atoms with Gasteiger partial charge in [0.15, 0.2) is 0 Å². The summed E-state index contributed by atoms with van der Waals surface area (Å²) in [4.78, 5) is 20.0. The second-order valence-electron chi connectivity index (χ2n) is 5.27. The molecule has 0 aromatic carbocycles. The molecule has 2 N–H and O–H groups in total. The van der Waals surface area contributed by atoms with Gasteiger partial charge in [0.1, 0.15) is 11.6 Å². The van der Waals surface area contributed by atoms with E-state index in [-0.39, 0.29) is 12.1 Å². The van der Waals surface area contributed by atoms with E-state index in [1.165, 1.54) is 32.1 Å². The number of hydrogen-bond acceptors (Lipinski definition) is 3. The van der Waals surface area contributed by atoms with Crippen LogP contribution >= 0.6 is 0 Å². The fourth-order valence-corrected chi connectivity index (χ4v) is 2.64. The summed E-state index contributed by atoms with van der Waals surface area (Å²) < 4.78 is 0. The van der Waals surface area contributed by atoms with Gasteiger partial charge in [-0.05, 0) is 38.7 Å². The lowest BCUT2D eigenvalue weighted by atomic mass is 9.85. The maximum absolute atomic E-state index is 11.9. The molecule has 1 aliphatic carbocycles. The molecule has 104 valence electrons. The zero-order chi connectivity index (χ0) is 13.7. The largest absolute Gasteiger partial charge is 0.335 e. The van der Waals surface area contributed by atoms with E-state index < -0.39 is 0 Å². The van der Waals surface area contributed by atoms with Crippen molar-refractivity contribution in [1.29, 1.82) is 0 Å². The molecule has 1 saturated carbocycles. The summed E-state index contributed by atoms with van der Waals surface area (Å²) in [5.74, 6) is 1.80. The Bertz CT molecular complexity index is 429. The van der Waals surface area contributed by atoms with Gasteiger partial charge in [0.25, 0.3) is 0 Å². The molecule has 0 aliphatic heterocycles. The average molecular weight is 262 g/mol. The highest BCUT2D eigenvalue weighted by Gasteiger charge is 2.21.